The first-order chi connectivity index (χ1) is 10.1. The molecule has 0 atom stereocenters. The molecule has 0 saturated carbocycles. The van der Waals surface area contributed by atoms with Gasteiger partial charge in [-0.2, -0.15) is 0 Å². The average Bonchev–Trinajstić information content (AvgIpc) is 2.48. The van der Waals surface area contributed by atoms with Crippen molar-refractivity contribution in [2.45, 2.75) is 23.6 Å². The van der Waals surface area contributed by atoms with Crippen molar-refractivity contribution in [3.8, 4) is 0 Å². The first kappa shape index (κ1) is 16.2. The van der Waals surface area contributed by atoms with Crippen LogP contribution in [0.3, 0.4) is 0 Å². The molecule has 0 saturated heterocycles. The molecule has 2 aromatic rings. The van der Waals surface area contributed by atoms with E-state index in [1.54, 1.807) is 12.1 Å². The third-order valence-electron chi connectivity index (χ3n) is 2.96. The van der Waals surface area contributed by atoms with Gasteiger partial charge >= 0.3 is 133 Å². The molecule has 0 bridgehead atoms. The van der Waals surface area contributed by atoms with E-state index in [4.69, 9.17) is 0 Å². The minimum absolute atomic E-state index is 0.335. The van der Waals surface area contributed by atoms with Crippen LogP contribution in [0.25, 0.3) is 0 Å². The molecular formula is C16H19NO2SSe. The molecule has 3 nitrogen and oxygen atoms in total. The SMILES string of the molecule is Cc1ccc(S(=O)(=O)NCCC[Se]c2ccccc2)cc1. The Bertz CT molecular complexity index is 654. The van der Waals surface area contributed by atoms with E-state index >= 15 is 0 Å². The summed E-state index contributed by atoms with van der Waals surface area (Å²) in [5, 5.41) is 1.04. The Kier molecular flexibility index (Phi) is 6.00. The normalized spacial score (nSPS) is 11.5. The number of hydrogen-bond acceptors (Lipinski definition) is 2. The van der Waals surface area contributed by atoms with Gasteiger partial charge in [0, 0.05) is 0 Å². The molecule has 5 heteroatoms. The molecule has 21 heavy (non-hydrogen) atoms. The van der Waals surface area contributed by atoms with Crippen LogP contribution in [0.5, 0.6) is 0 Å². The summed E-state index contributed by atoms with van der Waals surface area (Å²) in [7, 11) is -3.37. The van der Waals surface area contributed by atoms with Gasteiger partial charge in [-0.05, 0) is 0 Å². The molecule has 112 valence electrons. The van der Waals surface area contributed by atoms with Gasteiger partial charge in [0.25, 0.3) is 0 Å². The fourth-order valence-corrected chi connectivity index (χ4v) is 4.69. The van der Waals surface area contributed by atoms with Crippen molar-refractivity contribution in [1.29, 1.82) is 0 Å². The van der Waals surface area contributed by atoms with Crippen molar-refractivity contribution in [2.24, 2.45) is 0 Å². The molecule has 2 aromatic carbocycles. The first-order valence-electron chi connectivity index (χ1n) is 6.82. The molecular weight excluding hydrogens is 349 g/mol. The zero-order valence-electron chi connectivity index (χ0n) is 12.0. The Balaban J connectivity index is 1.76. The summed E-state index contributed by atoms with van der Waals surface area (Å²) in [5.74, 6) is 0. The summed E-state index contributed by atoms with van der Waals surface area (Å²) < 4.78 is 28.2. The van der Waals surface area contributed by atoms with Gasteiger partial charge in [0.05, 0.1) is 0 Å². The van der Waals surface area contributed by atoms with Gasteiger partial charge in [0.2, 0.25) is 0 Å². The summed E-state index contributed by atoms with van der Waals surface area (Å²) in [6.07, 6.45) is 0.861. The van der Waals surface area contributed by atoms with Crippen molar-refractivity contribution in [3.05, 3.63) is 60.2 Å². The molecule has 0 amide bonds. The molecule has 0 heterocycles. The van der Waals surface area contributed by atoms with E-state index in [1.165, 1.54) is 4.46 Å². The van der Waals surface area contributed by atoms with Gasteiger partial charge < -0.3 is 0 Å². The third-order valence-corrected chi connectivity index (χ3v) is 6.74. The zero-order chi connectivity index (χ0) is 15.1. The molecule has 0 aliphatic rings. The van der Waals surface area contributed by atoms with Crippen LogP contribution >= 0.6 is 0 Å². The topological polar surface area (TPSA) is 46.2 Å². The van der Waals surface area contributed by atoms with Gasteiger partial charge in [-0.3, -0.25) is 0 Å². The number of hydrogen-bond donors (Lipinski definition) is 1. The maximum atomic E-state index is 12.1. The molecule has 2 rings (SSSR count). The van der Waals surface area contributed by atoms with Crippen LogP contribution in [0.2, 0.25) is 5.32 Å². The van der Waals surface area contributed by atoms with E-state index in [2.05, 4.69) is 16.9 Å². The van der Waals surface area contributed by atoms with Gasteiger partial charge in [0.1, 0.15) is 0 Å². The molecule has 0 unspecified atom stereocenters. The van der Waals surface area contributed by atoms with Gasteiger partial charge in [-0.25, -0.2) is 0 Å². The summed E-state index contributed by atoms with van der Waals surface area (Å²) in [6.45, 7) is 2.43. The summed E-state index contributed by atoms with van der Waals surface area (Å²) >= 11 is 0.413. The predicted octanol–water partition coefficient (Wildman–Crippen LogP) is 2.11. The van der Waals surface area contributed by atoms with Crippen LogP contribution in [0.1, 0.15) is 12.0 Å². The minimum atomic E-state index is -3.37. The molecule has 0 fully saturated rings. The molecule has 0 aliphatic carbocycles. The Morgan fingerprint density at radius 3 is 2.33 bits per heavy atom. The summed E-state index contributed by atoms with van der Waals surface area (Å²) in [6, 6.07) is 17.2. The fraction of sp³-hybridized carbons (Fsp3) is 0.250. The molecule has 0 spiro atoms. The van der Waals surface area contributed by atoms with Gasteiger partial charge in [0.15, 0.2) is 0 Å². The Morgan fingerprint density at radius 1 is 1.00 bits per heavy atom. The van der Waals surface area contributed by atoms with Crippen molar-refractivity contribution in [2.75, 3.05) is 6.54 Å². The van der Waals surface area contributed by atoms with Crippen LogP contribution in [0, 0.1) is 6.92 Å². The number of sulfonamides is 1. The average molecular weight is 368 g/mol. The molecule has 1 N–H and O–H groups in total. The fourth-order valence-electron chi connectivity index (χ4n) is 1.79. The second-order valence-electron chi connectivity index (χ2n) is 4.73. The second kappa shape index (κ2) is 7.76. The Hall–Kier alpha value is -1.13. The van der Waals surface area contributed by atoms with Crippen LogP contribution < -0.4 is 9.18 Å². The second-order valence-corrected chi connectivity index (χ2v) is 8.94. The van der Waals surface area contributed by atoms with E-state index < -0.39 is 10.0 Å². The van der Waals surface area contributed by atoms with Crippen LogP contribution in [0.4, 0.5) is 0 Å². The van der Waals surface area contributed by atoms with Gasteiger partial charge in [-0.15, -0.1) is 0 Å². The quantitative estimate of drug-likeness (QED) is 0.601. The van der Waals surface area contributed by atoms with Gasteiger partial charge in [-0.1, -0.05) is 0 Å². The van der Waals surface area contributed by atoms with E-state index in [-0.39, 0.29) is 0 Å². The van der Waals surface area contributed by atoms with E-state index in [0.29, 0.717) is 26.4 Å². The summed E-state index contributed by atoms with van der Waals surface area (Å²) in [4.78, 5) is 0.335. The third kappa shape index (κ3) is 5.29. The van der Waals surface area contributed by atoms with Crippen LogP contribution in [0.15, 0.2) is 59.5 Å². The van der Waals surface area contributed by atoms with E-state index in [0.717, 1.165) is 17.3 Å². The number of aryl methyl sites for hydroxylation is 1. The molecule has 0 aliphatic heterocycles. The molecule has 0 radical (unpaired) electrons. The van der Waals surface area contributed by atoms with E-state index in [9.17, 15) is 8.42 Å². The summed E-state index contributed by atoms with van der Waals surface area (Å²) in [5.41, 5.74) is 1.06. The standard InChI is InChI=1S/C16H19NO2SSe/c1-14-8-10-15(11-9-14)20(18,19)17-12-5-13-21-16-6-3-2-4-7-16/h2-4,6-11,17H,5,12-13H2,1H3. The van der Waals surface area contributed by atoms with Crippen LogP contribution in [-0.4, -0.2) is 29.9 Å². The number of nitrogens with one attached hydrogen (secondary N) is 1. The Labute approximate surface area is 133 Å². The van der Waals surface area contributed by atoms with Crippen molar-refractivity contribution < 1.29 is 8.42 Å². The van der Waals surface area contributed by atoms with Crippen molar-refractivity contribution in [3.63, 3.8) is 0 Å². The number of rotatable bonds is 7. The zero-order valence-corrected chi connectivity index (χ0v) is 14.5. The van der Waals surface area contributed by atoms with Crippen LogP contribution in [-0.2, 0) is 10.0 Å². The first-order valence-corrected chi connectivity index (χ1v) is 10.4. The Morgan fingerprint density at radius 2 is 1.67 bits per heavy atom. The van der Waals surface area contributed by atoms with Crippen molar-refractivity contribution in [1.82, 2.24) is 4.72 Å². The number of benzene rings is 2. The predicted molar refractivity (Wildman–Crippen MR) is 87.6 cm³/mol. The molecule has 0 aromatic heterocycles. The monoisotopic (exact) mass is 369 g/mol. The maximum absolute atomic E-state index is 12.1. The van der Waals surface area contributed by atoms with Crippen molar-refractivity contribution >= 4 is 29.4 Å². The van der Waals surface area contributed by atoms with E-state index in [1.807, 2.05) is 37.3 Å².